The summed E-state index contributed by atoms with van der Waals surface area (Å²) >= 11 is 0. The monoisotopic (exact) mass is 387 g/mol. The number of nitrogens with one attached hydrogen (secondary N) is 3. The molecule has 1 atom stereocenters. The molecular weight excluding hydrogens is 362 g/mol. The fourth-order valence-corrected chi connectivity index (χ4v) is 3.09. The van der Waals surface area contributed by atoms with Gasteiger partial charge in [-0.1, -0.05) is 29.8 Å². The van der Waals surface area contributed by atoms with Crippen LogP contribution in [0.2, 0.25) is 0 Å². The van der Waals surface area contributed by atoms with Crippen LogP contribution < -0.4 is 16.0 Å². The average Bonchev–Trinajstić information content (AvgIpc) is 3.14. The smallest absolute Gasteiger partial charge is 0.255 e. The van der Waals surface area contributed by atoms with Crippen molar-refractivity contribution in [1.29, 1.82) is 0 Å². The maximum atomic E-state index is 12.3. The normalized spacial score (nSPS) is 15.7. The highest BCUT2D eigenvalue weighted by atomic mass is 35.5. The van der Waals surface area contributed by atoms with Crippen molar-refractivity contribution in [2.24, 2.45) is 0 Å². The molecule has 2 aromatic carbocycles. The number of rotatable bonds is 6. The first kappa shape index (κ1) is 20.9. The molecule has 1 aliphatic heterocycles. The molecule has 0 radical (unpaired) electrons. The lowest BCUT2D eigenvalue weighted by Gasteiger charge is -2.11. The molecule has 144 valence electrons. The van der Waals surface area contributed by atoms with E-state index < -0.39 is 0 Å². The van der Waals surface area contributed by atoms with Crippen LogP contribution in [0, 0.1) is 6.92 Å². The third kappa shape index (κ3) is 6.38. The molecule has 0 aromatic heterocycles. The molecule has 2 aromatic rings. The minimum absolute atomic E-state index is 0. The van der Waals surface area contributed by atoms with Gasteiger partial charge in [-0.25, -0.2) is 0 Å². The fourth-order valence-electron chi connectivity index (χ4n) is 3.09. The van der Waals surface area contributed by atoms with E-state index in [9.17, 15) is 9.59 Å². The molecule has 6 heteroatoms. The van der Waals surface area contributed by atoms with E-state index in [0.29, 0.717) is 24.6 Å². The molecule has 1 saturated heterocycles. The number of hydrogen-bond donors (Lipinski definition) is 3. The summed E-state index contributed by atoms with van der Waals surface area (Å²) in [4.78, 5) is 24.3. The van der Waals surface area contributed by atoms with Crippen molar-refractivity contribution in [2.75, 3.05) is 11.9 Å². The van der Waals surface area contributed by atoms with Crippen LogP contribution in [-0.2, 0) is 11.3 Å². The highest BCUT2D eigenvalue weighted by Crippen LogP contribution is 2.13. The summed E-state index contributed by atoms with van der Waals surface area (Å²) in [6.07, 6.45) is 2.72. The van der Waals surface area contributed by atoms with Crippen LogP contribution in [-0.4, -0.2) is 24.4 Å². The predicted molar refractivity (Wildman–Crippen MR) is 110 cm³/mol. The molecular formula is C21H26ClN3O2. The SMILES string of the molecule is Cc1ccc(C(=O)Nc2cccc(CNC(=O)CC3CCCN3)c2)cc1.Cl. The summed E-state index contributed by atoms with van der Waals surface area (Å²) in [5.41, 5.74) is 3.42. The number of benzene rings is 2. The topological polar surface area (TPSA) is 70.2 Å². The van der Waals surface area contributed by atoms with Crippen molar-refractivity contribution in [3.8, 4) is 0 Å². The van der Waals surface area contributed by atoms with Crippen LogP contribution in [0.25, 0.3) is 0 Å². The molecule has 1 unspecified atom stereocenters. The van der Waals surface area contributed by atoms with Gasteiger partial charge in [0, 0.05) is 30.3 Å². The van der Waals surface area contributed by atoms with Crippen LogP contribution in [0.4, 0.5) is 5.69 Å². The van der Waals surface area contributed by atoms with E-state index in [1.54, 1.807) is 0 Å². The molecule has 0 aliphatic carbocycles. The molecule has 2 amide bonds. The highest BCUT2D eigenvalue weighted by molar-refractivity contribution is 6.04. The third-order valence-corrected chi connectivity index (χ3v) is 4.58. The number of carbonyl (C=O) groups excluding carboxylic acids is 2. The summed E-state index contributed by atoms with van der Waals surface area (Å²) in [7, 11) is 0. The van der Waals surface area contributed by atoms with Crippen LogP contribution in [0.5, 0.6) is 0 Å². The molecule has 0 bridgehead atoms. The number of aryl methyl sites for hydroxylation is 1. The van der Waals surface area contributed by atoms with Crippen molar-refractivity contribution in [1.82, 2.24) is 10.6 Å². The zero-order chi connectivity index (χ0) is 18.4. The Kier molecular flexibility index (Phi) is 7.82. The number of hydrogen-bond acceptors (Lipinski definition) is 3. The van der Waals surface area contributed by atoms with Crippen molar-refractivity contribution < 1.29 is 9.59 Å². The number of amides is 2. The van der Waals surface area contributed by atoms with Crippen LogP contribution in [0.1, 0.15) is 40.7 Å². The van der Waals surface area contributed by atoms with Gasteiger partial charge in [0.15, 0.2) is 0 Å². The second-order valence-corrected chi connectivity index (χ2v) is 6.79. The van der Waals surface area contributed by atoms with E-state index in [1.165, 1.54) is 0 Å². The van der Waals surface area contributed by atoms with Gasteiger partial charge in [0.1, 0.15) is 0 Å². The maximum Gasteiger partial charge on any atom is 0.255 e. The molecule has 3 N–H and O–H groups in total. The molecule has 0 spiro atoms. The summed E-state index contributed by atoms with van der Waals surface area (Å²) < 4.78 is 0. The first-order chi connectivity index (χ1) is 12.6. The van der Waals surface area contributed by atoms with Gasteiger partial charge in [-0.05, 0) is 56.1 Å². The minimum atomic E-state index is -0.140. The molecule has 0 saturated carbocycles. The van der Waals surface area contributed by atoms with E-state index in [4.69, 9.17) is 0 Å². The van der Waals surface area contributed by atoms with Crippen LogP contribution in [0.3, 0.4) is 0 Å². The van der Waals surface area contributed by atoms with Gasteiger partial charge < -0.3 is 16.0 Å². The van der Waals surface area contributed by atoms with Crippen LogP contribution >= 0.6 is 12.4 Å². The zero-order valence-corrected chi connectivity index (χ0v) is 16.3. The summed E-state index contributed by atoms with van der Waals surface area (Å²) in [6, 6.07) is 15.3. The molecule has 3 rings (SSSR count). The second-order valence-electron chi connectivity index (χ2n) is 6.79. The quantitative estimate of drug-likeness (QED) is 0.711. The Hall–Kier alpha value is -2.37. The Morgan fingerprint density at radius 3 is 2.63 bits per heavy atom. The molecule has 1 fully saturated rings. The van der Waals surface area contributed by atoms with Gasteiger partial charge >= 0.3 is 0 Å². The van der Waals surface area contributed by atoms with Gasteiger partial charge in [0.25, 0.3) is 5.91 Å². The zero-order valence-electron chi connectivity index (χ0n) is 15.5. The largest absolute Gasteiger partial charge is 0.352 e. The van der Waals surface area contributed by atoms with E-state index in [0.717, 1.165) is 36.2 Å². The van der Waals surface area contributed by atoms with Crippen molar-refractivity contribution in [3.63, 3.8) is 0 Å². The highest BCUT2D eigenvalue weighted by Gasteiger charge is 2.17. The van der Waals surface area contributed by atoms with Gasteiger partial charge in [0.2, 0.25) is 5.91 Å². The average molecular weight is 388 g/mol. The second kappa shape index (κ2) is 10.1. The molecule has 27 heavy (non-hydrogen) atoms. The lowest BCUT2D eigenvalue weighted by molar-refractivity contribution is -0.121. The Morgan fingerprint density at radius 1 is 1.15 bits per heavy atom. The Balaban J connectivity index is 0.00000261. The number of carbonyl (C=O) groups is 2. The van der Waals surface area contributed by atoms with Crippen molar-refractivity contribution >= 4 is 29.9 Å². The molecule has 1 aliphatic rings. The van der Waals surface area contributed by atoms with E-state index in [-0.39, 0.29) is 24.2 Å². The van der Waals surface area contributed by atoms with Gasteiger partial charge in [-0.2, -0.15) is 0 Å². The van der Waals surface area contributed by atoms with Crippen LogP contribution in [0.15, 0.2) is 48.5 Å². The van der Waals surface area contributed by atoms with E-state index in [1.807, 2.05) is 55.5 Å². The number of anilines is 1. The predicted octanol–water partition coefficient (Wildman–Crippen LogP) is 3.43. The first-order valence-electron chi connectivity index (χ1n) is 9.07. The van der Waals surface area contributed by atoms with E-state index >= 15 is 0 Å². The lowest BCUT2D eigenvalue weighted by atomic mass is 10.1. The molecule has 1 heterocycles. The summed E-state index contributed by atoms with van der Waals surface area (Å²) in [5.74, 6) is -0.0861. The van der Waals surface area contributed by atoms with Crippen molar-refractivity contribution in [3.05, 3.63) is 65.2 Å². The first-order valence-corrected chi connectivity index (χ1v) is 9.07. The minimum Gasteiger partial charge on any atom is -0.352 e. The van der Waals surface area contributed by atoms with Gasteiger partial charge in [-0.15, -0.1) is 12.4 Å². The Labute approximate surface area is 166 Å². The molecule has 5 nitrogen and oxygen atoms in total. The summed E-state index contributed by atoms with van der Waals surface area (Å²) in [6.45, 7) is 3.45. The standard InChI is InChI=1S/C21H25N3O2.ClH/c1-15-7-9-17(10-8-15)21(26)24-19-5-2-4-16(12-19)14-23-20(25)13-18-6-3-11-22-18;/h2,4-5,7-10,12,18,22H,3,6,11,13-14H2,1H3,(H,23,25)(H,24,26);1H. The third-order valence-electron chi connectivity index (χ3n) is 4.58. The Bertz CT molecular complexity index is 771. The van der Waals surface area contributed by atoms with E-state index in [2.05, 4.69) is 16.0 Å². The summed E-state index contributed by atoms with van der Waals surface area (Å²) in [5, 5.41) is 9.18. The Morgan fingerprint density at radius 2 is 1.93 bits per heavy atom. The lowest BCUT2D eigenvalue weighted by Crippen LogP contribution is -2.31. The van der Waals surface area contributed by atoms with Crippen molar-refractivity contribution in [2.45, 2.75) is 38.8 Å². The van der Waals surface area contributed by atoms with Gasteiger partial charge in [-0.3, -0.25) is 9.59 Å². The fraction of sp³-hybridized carbons (Fsp3) is 0.333. The van der Waals surface area contributed by atoms with Gasteiger partial charge in [0.05, 0.1) is 0 Å². The maximum absolute atomic E-state index is 12.3. The number of halogens is 1.